The van der Waals surface area contributed by atoms with E-state index < -0.39 is 5.91 Å². The zero-order valence-corrected chi connectivity index (χ0v) is 17.4. The first kappa shape index (κ1) is 19.9. The van der Waals surface area contributed by atoms with Crippen LogP contribution < -0.4 is 14.8 Å². The van der Waals surface area contributed by atoms with Crippen LogP contribution in [0.25, 0.3) is 10.9 Å². The van der Waals surface area contributed by atoms with Gasteiger partial charge >= 0.3 is 0 Å². The Morgan fingerprint density at radius 2 is 1.53 bits per heavy atom. The Morgan fingerprint density at radius 3 is 2.07 bits per heavy atom. The second-order valence-electron chi connectivity index (χ2n) is 6.30. The molecule has 0 unspecified atom stereocenters. The Morgan fingerprint density at radius 1 is 0.933 bits per heavy atom. The Kier molecular flexibility index (Phi) is 5.97. The van der Waals surface area contributed by atoms with Crippen molar-refractivity contribution in [1.29, 1.82) is 0 Å². The number of H-pyrrole nitrogens is 1. The van der Waals surface area contributed by atoms with Gasteiger partial charge in [0.05, 0.1) is 11.3 Å². The van der Waals surface area contributed by atoms with Crippen LogP contribution in [0.1, 0.15) is 10.4 Å². The van der Waals surface area contributed by atoms with Gasteiger partial charge in [-0.05, 0) is 66.4 Å². The molecule has 8 heteroatoms. The molecule has 30 heavy (non-hydrogen) atoms. The third kappa shape index (κ3) is 4.29. The molecule has 0 spiro atoms. The highest BCUT2D eigenvalue weighted by Crippen LogP contribution is 2.40. The highest BCUT2D eigenvalue weighted by atomic mass is 32.2. The third-order valence-electron chi connectivity index (χ3n) is 4.31. The normalized spacial score (nSPS) is 10.7. The highest BCUT2D eigenvalue weighted by Gasteiger charge is 2.18. The van der Waals surface area contributed by atoms with Crippen LogP contribution in [-0.4, -0.2) is 17.3 Å². The molecule has 3 aromatic carbocycles. The summed E-state index contributed by atoms with van der Waals surface area (Å²) in [7, 11) is 0. The summed E-state index contributed by atoms with van der Waals surface area (Å²) in [6, 6.07) is 25.9. The molecular weight excluding hydrogens is 416 g/mol. The van der Waals surface area contributed by atoms with Gasteiger partial charge in [-0.3, -0.25) is 9.59 Å². The van der Waals surface area contributed by atoms with Crippen LogP contribution in [0.15, 0.2) is 88.7 Å². The van der Waals surface area contributed by atoms with Gasteiger partial charge in [-0.15, -0.1) is 0 Å². The summed E-state index contributed by atoms with van der Waals surface area (Å²) < 4.78 is 2.10. The molecule has 1 heterocycles. The molecule has 6 nitrogen and oxygen atoms in total. The lowest BCUT2D eigenvalue weighted by atomic mass is 10.1. The summed E-state index contributed by atoms with van der Waals surface area (Å²) in [6.07, 6.45) is 0.515. The van der Waals surface area contributed by atoms with E-state index in [2.05, 4.69) is 14.0 Å². The number of anilines is 2. The maximum Gasteiger partial charge on any atom is 0.253 e. The van der Waals surface area contributed by atoms with E-state index in [1.807, 2.05) is 78.9 Å². The molecule has 4 N–H and O–H groups in total. The van der Waals surface area contributed by atoms with Crippen molar-refractivity contribution in [2.24, 2.45) is 5.73 Å². The SMILES string of the molecule is NC(=O)c1c(NC=O)[nH]c2cc(N(Sc3ccccc3)Sc3ccccc3)ccc12. The van der Waals surface area contributed by atoms with Crippen molar-refractivity contribution >= 4 is 58.6 Å². The number of hydrogen-bond donors (Lipinski definition) is 3. The number of fused-ring (bicyclic) bond motifs is 1. The molecule has 4 aromatic rings. The largest absolute Gasteiger partial charge is 0.365 e. The maximum atomic E-state index is 11.9. The number of nitrogens with zero attached hydrogens (tertiary/aromatic N) is 1. The van der Waals surface area contributed by atoms with Crippen LogP contribution >= 0.6 is 23.9 Å². The molecule has 4 rings (SSSR count). The molecule has 0 aliphatic carbocycles. The first-order valence-electron chi connectivity index (χ1n) is 9.07. The number of carbonyl (C=O) groups excluding carboxylic acids is 2. The predicted octanol–water partition coefficient (Wildman–Crippen LogP) is 5.06. The average molecular weight is 435 g/mol. The van der Waals surface area contributed by atoms with Gasteiger partial charge in [-0.1, -0.05) is 36.4 Å². The summed E-state index contributed by atoms with van der Waals surface area (Å²) in [4.78, 5) is 28.1. The molecule has 0 fully saturated rings. The van der Waals surface area contributed by atoms with Crippen LogP contribution in [0.2, 0.25) is 0 Å². The standard InChI is InChI=1S/C22H18N4O2S2/c23-21(28)20-18-12-11-15(13-19(18)25-22(20)24-14-27)26(29-16-7-3-1-4-8-16)30-17-9-5-2-6-10-17/h1-14,25H,(H2,23,28)(H,24,27). The van der Waals surface area contributed by atoms with Crippen molar-refractivity contribution in [3.05, 3.63) is 84.4 Å². The Labute approximate surface area is 182 Å². The average Bonchev–Trinajstić information content (AvgIpc) is 3.12. The van der Waals surface area contributed by atoms with E-state index in [1.54, 1.807) is 23.9 Å². The maximum absolute atomic E-state index is 11.9. The molecule has 0 saturated carbocycles. The zero-order chi connectivity index (χ0) is 20.9. The summed E-state index contributed by atoms with van der Waals surface area (Å²) in [5, 5.41) is 3.17. The number of aromatic amines is 1. The number of nitrogens with one attached hydrogen (secondary N) is 2. The number of primary amides is 1. The fraction of sp³-hybridized carbons (Fsp3) is 0. The molecular formula is C22H18N4O2S2. The lowest BCUT2D eigenvalue weighted by Gasteiger charge is -2.22. The summed E-state index contributed by atoms with van der Waals surface area (Å²) in [6.45, 7) is 0. The van der Waals surface area contributed by atoms with Gasteiger partial charge in [0.15, 0.2) is 0 Å². The summed E-state index contributed by atoms with van der Waals surface area (Å²) in [5.74, 6) is -0.310. The van der Waals surface area contributed by atoms with E-state index in [0.717, 1.165) is 15.5 Å². The Balaban J connectivity index is 1.75. The van der Waals surface area contributed by atoms with Gasteiger partial charge in [0.2, 0.25) is 6.41 Å². The Hall–Kier alpha value is -3.36. The van der Waals surface area contributed by atoms with E-state index in [1.165, 1.54) is 0 Å². The highest BCUT2D eigenvalue weighted by molar-refractivity contribution is 8.18. The van der Waals surface area contributed by atoms with Gasteiger partial charge in [0, 0.05) is 20.7 Å². The predicted molar refractivity (Wildman–Crippen MR) is 124 cm³/mol. The molecule has 0 aliphatic rings. The molecule has 0 bridgehead atoms. The lowest BCUT2D eigenvalue weighted by Crippen LogP contribution is -2.13. The van der Waals surface area contributed by atoms with Gasteiger partial charge < -0.3 is 16.0 Å². The minimum Gasteiger partial charge on any atom is -0.365 e. The lowest BCUT2D eigenvalue weighted by molar-refractivity contribution is -0.105. The van der Waals surface area contributed by atoms with E-state index in [0.29, 0.717) is 23.1 Å². The van der Waals surface area contributed by atoms with Crippen molar-refractivity contribution in [2.45, 2.75) is 9.79 Å². The van der Waals surface area contributed by atoms with E-state index in [4.69, 9.17) is 5.73 Å². The molecule has 2 amide bonds. The number of aromatic nitrogens is 1. The van der Waals surface area contributed by atoms with Crippen molar-refractivity contribution in [1.82, 2.24) is 4.98 Å². The van der Waals surface area contributed by atoms with E-state index in [-0.39, 0.29) is 5.56 Å². The van der Waals surface area contributed by atoms with Crippen LogP contribution in [-0.2, 0) is 4.79 Å². The quantitative estimate of drug-likeness (QED) is 0.266. The van der Waals surface area contributed by atoms with Gasteiger partial charge in [-0.25, -0.2) is 3.71 Å². The number of amides is 2. The van der Waals surface area contributed by atoms with Crippen molar-refractivity contribution < 1.29 is 9.59 Å². The topological polar surface area (TPSA) is 91.2 Å². The number of hydrogen-bond acceptors (Lipinski definition) is 5. The van der Waals surface area contributed by atoms with Crippen molar-refractivity contribution in [3.8, 4) is 0 Å². The van der Waals surface area contributed by atoms with Gasteiger partial charge in [0.1, 0.15) is 5.82 Å². The fourth-order valence-corrected chi connectivity index (χ4v) is 5.04. The summed E-state index contributed by atoms with van der Waals surface area (Å²) in [5.41, 5.74) is 7.41. The van der Waals surface area contributed by atoms with E-state index in [9.17, 15) is 9.59 Å². The Bertz CT molecular complexity index is 1140. The molecule has 0 radical (unpaired) electrons. The second-order valence-corrected chi connectivity index (χ2v) is 8.57. The zero-order valence-electron chi connectivity index (χ0n) is 15.7. The molecule has 0 saturated heterocycles. The van der Waals surface area contributed by atoms with Gasteiger partial charge in [0.25, 0.3) is 5.91 Å². The molecule has 0 aliphatic heterocycles. The number of benzene rings is 3. The van der Waals surface area contributed by atoms with E-state index >= 15 is 0 Å². The van der Waals surface area contributed by atoms with Crippen molar-refractivity contribution in [3.63, 3.8) is 0 Å². The van der Waals surface area contributed by atoms with Crippen LogP contribution in [0.5, 0.6) is 0 Å². The number of carbonyl (C=O) groups is 2. The number of nitrogens with two attached hydrogens (primary N) is 1. The number of rotatable bonds is 8. The molecule has 0 atom stereocenters. The monoisotopic (exact) mass is 434 g/mol. The second kappa shape index (κ2) is 8.98. The minimum absolute atomic E-state index is 0.265. The molecule has 150 valence electrons. The molecule has 1 aromatic heterocycles. The first-order chi connectivity index (χ1) is 14.7. The summed E-state index contributed by atoms with van der Waals surface area (Å²) >= 11 is 3.18. The van der Waals surface area contributed by atoms with Crippen LogP contribution in [0, 0.1) is 0 Å². The smallest absolute Gasteiger partial charge is 0.253 e. The van der Waals surface area contributed by atoms with Crippen LogP contribution in [0.3, 0.4) is 0 Å². The van der Waals surface area contributed by atoms with Gasteiger partial charge in [-0.2, -0.15) is 0 Å². The fourth-order valence-electron chi connectivity index (χ4n) is 3.00. The first-order valence-corrected chi connectivity index (χ1v) is 10.6. The van der Waals surface area contributed by atoms with Crippen LogP contribution in [0.4, 0.5) is 11.5 Å². The van der Waals surface area contributed by atoms with Crippen molar-refractivity contribution in [2.75, 3.05) is 9.03 Å². The third-order valence-corrected chi connectivity index (χ3v) is 6.47. The minimum atomic E-state index is -0.604.